The van der Waals surface area contributed by atoms with Crippen molar-refractivity contribution in [3.8, 4) is 0 Å². The Labute approximate surface area is 120 Å². The summed E-state index contributed by atoms with van der Waals surface area (Å²) in [5.74, 6) is -2.51. The predicted octanol–water partition coefficient (Wildman–Crippen LogP) is 2.91. The van der Waals surface area contributed by atoms with Crippen LogP contribution in [0.15, 0.2) is 22.7 Å². The SMILES string of the molecule is O=C(O)[C@@H]1CC(=O)N(c2ccc(Br)c(C(F)(F)F)c2)C1. The van der Waals surface area contributed by atoms with Crippen LogP contribution in [0.1, 0.15) is 12.0 Å². The molecule has 1 aromatic rings. The van der Waals surface area contributed by atoms with E-state index in [0.29, 0.717) is 0 Å². The minimum absolute atomic E-state index is 0.0503. The summed E-state index contributed by atoms with van der Waals surface area (Å²) in [7, 11) is 0. The molecule has 20 heavy (non-hydrogen) atoms. The number of rotatable bonds is 2. The van der Waals surface area contributed by atoms with Gasteiger partial charge in [-0.2, -0.15) is 13.2 Å². The Morgan fingerprint density at radius 2 is 2.05 bits per heavy atom. The second kappa shape index (κ2) is 5.08. The summed E-state index contributed by atoms with van der Waals surface area (Å²) < 4.78 is 38.2. The van der Waals surface area contributed by atoms with Crippen molar-refractivity contribution < 1.29 is 27.9 Å². The zero-order valence-corrected chi connectivity index (χ0v) is 11.5. The van der Waals surface area contributed by atoms with E-state index in [2.05, 4.69) is 15.9 Å². The fraction of sp³-hybridized carbons (Fsp3) is 0.333. The summed E-state index contributed by atoms with van der Waals surface area (Å²) >= 11 is 2.81. The maximum atomic E-state index is 12.8. The molecule has 0 bridgehead atoms. The lowest BCUT2D eigenvalue weighted by molar-refractivity contribution is -0.141. The first kappa shape index (κ1) is 14.8. The van der Waals surface area contributed by atoms with Crippen LogP contribution < -0.4 is 4.90 Å². The number of alkyl halides is 3. The van der Waals surface area contributed by atoms with Crippen LogP contribution in [-0.4, -0.2) is 23.5 Å². The van der Waals surface area contributed by atoms with Gasteiger partial charge in [0.15, 0.2) is 0 Å². The smallest absolute Gasteiger partial charge is 0.417 e. The number of amides is 1. The summed E-state index contributed by atoms with van der Waals surface area (Å²) in [5, 5.41) is 8.86. The molecule has 0 unspecified atom stereocenters. The van der Waals surface area contributed by atoms with E-state index in [0.717, 1.165) is 11.0 Å². The van der Waals surface area contributed by atoms with Crippen molar-refractivity contribution in [1.29, 1.82) is 0 Å². The van der Waals surface area contributed by atoms with Gasteiger partial charge in [0, 0.05) is 23.1 Å². The van der Waals surface area contributed by atoms with E-state index in [4.69, 9.17) is 5.11 Å². The summed E-state index contributed by atoms with van der Waals surface area (Å²) in [6.45, 7) is -0.118. The van der Waals surface area contributed by atoms with Crippen molar-refractivity contribution in [3.63, 3.8) is 0 Å². The second-order valence-corrected chi connectivity index (χ2v) is 5.26. The second-order valence-electron chi connectivity index (χ2n) is 4.41. The summed E-state index contributed by atoms with van der Waals surface area (Å²) in [4.78, 5) is 23.6. The van der Waals surface area contributed by atoms with Crippen LogP contribution in [0.25, 0.3) is 0 Å². The van der Waals surface area contributed by atoms with E-state index < -0.39 is 29.5 Å². The molecule has 1 aliphatic rings. The topological polar surface area (TPSA) is 57.6 Å². The number of hydrogen-bond acceptors (Lipinski definition) is 2. The number of anilines is 1. The molecule has 1 amide bonds. The number of carbonyl (C=O) groups excluding carboxylic acids is 1. The van der Waals surface area contributed by atoms with Gasteiger partial charge in [-0.05, 0) is 18.2 Å². The molecule has 0 radical (unpaired) electrons. The zero-order valence-electron chi connectivity index (χ0n) is 9.95. The third kappa shape index (κ3) is 2.79. The molecule has 1 aromatic carbocycles. The first-order valence-electron chi connectivity index (χ1n) is 5.60. The molecular formula is C12H9BrF3NO3. The van der Waals surface area contributed by atoms with Gasteiger partial charge in [0.1, 0.15) is 0 Å². The quantitative estimate of drug-likeness (QED) is 0.891. The molecule has 1 atom stereocenters. The Morgan fingerprint density at radius 3 is 2.55 bits per heavy atom. The van der Waals surface area contributed by atoms with Gasteiger partial charge in [0.2, 0.25) is 5.91 Å². The maximum Gasteiger partial charge on any atom is 0.417 e. The lowest BCUT2D eigenvalue weighted by Crippen LogP contribution is -2.26. The molecular weight excluding hydrogens is 343 g/mol. The molecule has 0 saturated carbocycles. The monoisotopic (exact) mass is 351 g/mol. The summed E-state index contributed by atoms with van der Waals surface area (Å²) in [5.41, 5.74) is -0.851. The largest absolute Gasteiger partial charge is 0.481 e. The average molecular weight is 352 g/mol. The third-order valence-electron chi connectivity index (χ3n) is 3.04. The zero-order chi connectivity index (χ0) is 15.1. The van der Waals surface area contributed by atoms with Gasteiger partial charge < -0.3 is 10.0 Å². The lowest BCUT2D eigenvalue weighted by atomic mass is 10.1. The van der Waals surface area contributed by atoms with Crippen LogP contribution in [0.4, 0.5) is 18.9 Å². The molecule has 1 N–H and O–H groups in total. The van der Waals surface area contributed by atoms with Crippen molar-refractivity contribution in [3.05, 3.63) is 28.2 Å². The summed E-state index contributed by atoms with van der Waals surface area (Å²) in [6, 6.07) is 3.38. The number of carboxylic acid groups (broad SMARTS) is 1. The van der Waals surface area contributed by atoms with Gasteiger partial charge in [-0.1, -0.05) is 15.9 Å². The molecule has 2 rings (SSSR count). The Morgan fingerprint density at radius 1 is 1.40 bits per heavy atom. The minimum atomic E-state index is -4.55. The van der Waals surface area contributed by atoms with Crippen molar-refractivity contribution in [1.82, 2.24) is 0 Å². The fourth-order valence-electron chi connectivity index (χ4n) is 2.02. The highest BCUT2D eigenvalue weighted by Crippen LogP contribution is 2.38. The Bertz CT molecular complexity index is 574. The van der Waals surface area contributed by atoms with E-state index in [1.54, 1.807) is 0 Å². The Kier molecular flexibility index (Phi) is 3.77. The van der Waals surface area contributed by atoms with Crippen LogP contribution in [0.2, 0.25) is 0 Å². The van der Waals surface area contributed by atoms with Gasteiger partial charge in [0.25, 0.3) is 0 Å². The van der Waals surface area contributed by atoms with Gasteiger partial charge >= 0.3 is 12.1 Å². The van der Waals surface area contributed by atoms with E-state index >= 15 is 0 Å². The highest BCUT2D eigenvalue weighted by Gasteiger charge is 2.37. The maximum absolute atomic E-state index is 12.8. The lowest BCUT2D eigenvalue weighted by Gasteiger charge is -2.18. The van der Waals surface area contributed by atoms with E-state index in [1.807, 2.05) is 0 Å². The molecule has 1 heterocycles. The number of halogens is 4. The molecule has 8 heteroatoms. The van der Waals surface area contributed by atoms with Crippen LogP contribution in [-0.2, 0) is 15.8 Å². The minimum Gasteiger partial charge on any atom is -0.481 e. The number of hydrogen-bond donors (Lipinski definition) is 1. The average Bonchev–Trinajstić information content (AvgIpc) is 2.71. The van der Waals surface area contributed by atoms with Gasteiger partial charge in [0.05, 0.1) is 11.5 Å². The molecule has 0 aliphatic carbocycles. The highest BCUT2D eigenvalue weighted by molar-refractivity contribution is 9.10. The standard InChI is InChI=1S/C12H9BrF3NO3/c13-9-2-1-7(4-8(9)12(14,15)16)17-5-6(11(19)20)3-10(17)18/h1-2,4,6H,3,5H2,(H,19,20)/t6-/m1/s1. The highest BCUT2D eigenvalue weighted by atomic mass is 79.9. The number of benzene rings is 1. The van der Waals surface area contributed by atoms with Crippen LogP contribution in [0, 0.1) is 5.92 Å². The number of aliphatic carboxylic acids is 1. The molecule has 1 aliphatic heterocycles. The molecule has 4 nitrogen and oxygen atoms in total. The van der Waals surface area contributed by atoms with Crippen LogP contribution >= 0.6 is 15.9 Å². The van der Waals surface area contributed by atoms with Gasteiger partial charge in [-0.25, -0.2) is 0 Å². The summed E-state index contributed by atoms with van der Waals surface area (Å²) in [6.07, 6.45) is -4.75. The van der Waals surface area contributed by atoms with E-state index in [-0.39, 0.29) is 23.1 Å². The number of carboxylic acids is 1. The fourth-order valence-corrected chi connectivity index (χ4v) is 2.49. The third-order valence-corrected chi connectivity index (χ3v) is 3.73. The van der Waals surface area contributed by atoms with Gasteiger partial charge in [-0.15, -0.1) is 0 Å². The first-order chi connectivity index (χ1) is 9.20. The van der Waals surface area contributed by atoms with E-state index in [1.165, 1.54) is 12.1 Å². The van der Waals surface area contributed by atoms with Gasteiger partial charge in [-0.3, -0.25) is 9.59 Å². The number of carbonyl (C=O) groups is 2. The molecule has 108 valence electrons. The molecule has 0 aromatic heterocycles. The van der Waals surface area contributed by atoms with Crippen LogP contribution in [0.5, 0.6) is 0 Å². The van der Waals surface area contributed by atoms with Crippen molar-refractivity contribution in [2.45, 2.75) is 12.6 Å². The van der Waals surface area contributed by atoms with E-state index in [9.17, 15) is 22.8 Å². The first-order valence-corrected chi connectivity index (χ1v) is 6.39. The normalized spacial score (nSPS) is 19.5. The van der Waals surface area contributed by atoms with Crippen molar-refractivity contribution >= 4 is 33.5 Å². The molecule has 1 saturated heterocycles. The molecule has 0 spiro atoms. The van der Waals surface area contributed by atoms with Crippen molar-refractivity contribution in [2.24, 2.45) is 5.92 Å². The Balaban J connectivity index is 2.35. The molecule has 1 fully saturated rings. The predicted molar refractivity (Wildman–Crippen MR) is 67.2 cm³/mol. The van der Waals surface area contributed by atoms with Crippen LogP contribution in [0.3, 0.4) is 0 Å². The number of nitrogens with zero attached hydrogens (tertiary/aromatic N) is 1. The Hall–Kier alpha value is -1.57. The van der Waals surface area contributed by atoms with Crippen molar-refractivity contribution in [2.75, 3.05) is 11.4 Å².